The van der Waals surface area contributed by atoms with E-state index in [0.29, 0.717) is 11.5 Å². The van der Waals surface area contributed by atoms with Gasteiger partial charge in [0.2, 0.25) is 15.9 Å². The zero-order chi connectivity index (χ0) is 20.6. The second kappa shape index (κ2) is 10.2. The maximum Gasteiger partial charge on any atom is 0.241 e. The molecular weight excluding hydrogens is 388 g/mol. The van der Waals surface area contributed by atoms with Gasteiger partial charge >= 0.3 is 0 Å². The van der Waals surface area contributed by atoms with Crippen molar-refractivity contribution in [1.29, 1.82) is 0 Å². The van der Waals surface area contributed by atoms with Gasteiger partial charge in [0.25, 0.3) is 0 Å². The highest BCUT2D eigenvalue weighted by atomic mass is 32.2. The fraction of sp³-hybridized carbons (Fsp3) is 0.389. The van der Waals surface area contributed by atoms with Gasteiger partial charge in [-0.25, -0.2) is 8.42 Å². The van der Waals surface area contributed by atoms with Gasteiger partial charge in [-0.1, -0.05) is 0 Å². The first-order valence-corrected chi connectivity index (χ1v) is 9.90. The number of methoxy groups -OCH3 is 3. The number of carbonyl (C=O) groups excluding carboxylic acids is 1. The van der Waals surface area contributed by atoms with E-state index >= 15 is 0 Å². The van der Waals surface area contributed by atoms with Crippen LogP contribution in [-0.2, 0) is 24.3 Å². The molecule has 1 atom stereocenters. The van der Waals surface area contributed by atoms with Gasteiger partial charge in [-0.3, -0.25) is 4.79 Å². The van der Waals surface area contributed by atoms with E-state index in [4.69, 9.17) is 18.6 Å². The van der Waals surface area contributed by atoms with Crippen LogP contribution in [0.5, 0.6) is 5.75 Å². The Kier molecular flexibility index (Phi) is 8.00. The van der Waals surface area contributed by atoms with Crippen LogP contribution in [0, 0.1) is 0 Å². The summed E-state index contributed by atoms with van der Waals surface area (Å²) in [6.07, 6.45) is 0.652. The van der Waals surface area contributed by atoms with E-state index in [-0.39, 0.29) is 17.9 Å². The van der Waals surface area contributed by atoms with Crippen molar-refractivity contribution in [2.45, 2.75) is 23.6 Å². The quantitative estimate of drug-likeness (QED) is 0.536. The molecule has 0 aliphatic carbocycles. The third-order valence-corrected chi connectivity index (χ3v) is 5.42. The van der Waals surface area contributed by atoms with Gasteiger partial charge in [-0.2, -0.15) is 4.72 Å². The summed E-state index contributed by atoms with van der Waals surface area (Å²) in [7, 11) is 0.506. The molecule has 0 unspecified atom stereocenters. The zero-order valence-corrected chi connectivity index (χ0v) is 16.7. The van der Waals surface area contributed by atoms with Crippen LogP contribution in [0.4, 0.5) is 0 Å². The normalized spacial score (nSPS) is 12.7. The smallest absolute Gasteiger partial charge is 0.241 e. The molecule has 1 amide bonds. The molecule has 2 N–H and O–H groups in total. The Morgan fingerprint density at radius 1 is 1.11 bits per heavy atom. The Hall–Kier alpha value is -2.40. The van der Waals surface area contributed by atoms with Crippen LogP contribution < -0.4 is 14.8 Å². The van der Waals surface area contributed by atoms with Crippen LogP contribution in [0.3, 0.4) is 0 Å². The molecule has 2 rings (SSSR count). The molecule has 0 radical (unpaired) electrons. The molecule has 1 heterocycles. The molecule has 10 heteroatoms. The summed E-state index contributed by atoms with van der Waals surface area (Å²) in [5, 5.41) is 2.64. The Bertz CT molecular complexity index is 831. The fourth-order valence-electron chi connectivity index (χ4n) is 2.42. The summed E-state index contributed by atoms with van der Waals surface area (Å²) in [4.78, 5) is 12.3. The number of hydrogen-bond donors (Lipinski definition) is 2. The van der Waals surface area contributed by atoms with E-state index in [2.05, 4.69) is 10.0 Å². The lowest BCUT2D eigenvalue weighted by Gasteiger charge is -2.18. The van der Waals surface area contributed by atoms with Gasteiger partial charge in [0, 0.05) is 14.2 Å². The number of benzene rings is 1. The summed E-state index contributed by atoms with van der Waals surface area (Å²) in [5.74, 6) is 0.465. The van der Waals surface area contributed by atoms with Crippen molar-refractivity contribution >= 4 is 15.9 Å². The van der Waals surface area contributed by atoms with Crippen molar-refractivity contribution in [3.63, 3.8) is 0 Å². The Labute approximate surface area is 164 Å². The van der Waals surface area contributed by atoms with Gasteiger partial charge < -0.3 is 23.9 Å². The molecule has 28 heavy (non-hydrogen) atoms. The van der Waals surface area contributed by atoms with Crippen LogP contribution >= 0.6 is 0 Å². The summed E-state index contributed by atoms with van der Waals surface area (Å²) in [6.45, 7) is 0.127. The summed E-state index contributed by atoms with van der Waals surface area (Å²) < 4.78 is 48.3. The van der Waals surface area contributed by atoms with Gasteiger partial charge in [0.1, 0.15) is 11.5 Å². The molecule has 0 saturated heterocycles. The van der Waals surface area contributed by atoms with E-state index in [1.165, 1.54) is 39.7 Å². The lowest BCUT2D eigenvalue weighted by Crippen LogP contribution is -2.37. The zero-order valence-electron chi connectivity index (χ0n) is 15.9. The fourth-order valence-corrected chi connectivity index (χ4v) is 3.62. The second-order valence-electron chi connectivity index (χ2n) is 5.77. The van der Waals surface area contributed by atoms with Crippen molar-refractivity contribution in [3.05, 3.63) is 48.4 Å². The first-order chi connectivity index (χ1) is 13.4. The summed E-state index contributed by atoms with van der Waals surface area (Å²) >= 11 is 0. The van der Waals surface area contributed by atoms with E-state index in [1.54, 1.807) is 24.3 Å². The minimum atomic E-state index is -3.89. The van der Waals surface area contributed by atoms with Crippen molar-refractivity contribution in [2.75, 3.05) is 27.9 Å². The van der Waals surface area contributed by atoms with Gasteiger partial charge in [0.15, 0.2) is 6.29 Å². The number of furan rings is 1. The van der Waals surface area contributed by atoms with Crippen molar-refractivity contribution in [3.8, 4) is 5.75 Å². The lowest BCUT2D eigenvalue weighted by molar-refractivity contribution is -0.127. The van der Waals surface area contributed by atoms with Gasteiger partial charge in [0.05, 0.1) is 37.3 Å². The largest absolute Gasteiger partial charge is 0.497 e. The molecule has 1 aromatic heterocycles. The molecule has 9 nitrogen and oxygen atoms in total. The van der Waals surface area contributed by atoms with E-state index in [1.807, 2.05) is 0 Å². The summed E-state index contributed by atoms with van der Waals surface area (Å²) in [6, 6.07) is 8.25. The van der Waals surface area contributed by atoms with Gasteiger partial charge in [-0.05, 0) is 36.4 Å². The number of sulfonamides is 1. The third kappa shape index (κ3) is 6.06. The monoisotopic (exact) mass is 412 g/mol. The molecule has 1 aromatic carbocycles. The van der Waals surface area contributed by atoms with E-state index < -0.39 is 28.3 Å². The topological polar surface area (TPSA) is 116 Å². The van der Waals surface area contributed by atoms with E-state index in [9.17, 15) is 13.2 Å². The summed E-state index contributed by atoms with van der Waals surface area (Å²) in [5.41, 5.74) is 0. The number of hydrogen-bond acceptors (Lipinski definition) is 7. The Morgan fingerprint density at radius 2 is 1.79 bits per heavy atom. The van der Waals surface area contributed by atoms with Crippen molar-refractivity contribution < 1.29 is 31.8 Å². The molecule has 0 saturated carbocycles. The SMILES string of the molecule is COc1ccc(S(=O)(=O)N[C@H](CC(=O)NCC(OC)OC)c2ccco2)cc1. The van der Waals surface area contributed by atoms with E-state index in [0.717, 1.165) is 0 Å². The predicted octanol–water partition coefficient (Wildman–Crippen LogP) is 1.43. The molecule has 0 bridgehead atoms. The Balaban J connectivity index is 2.11. The third-order valence-electron chi connectivity index (χ3n) is 3.93. The molecule has 0 fully saturated rings. The minimum Gasteiger partial charge on any atom is -0.497 e. The molecule has 2 aromatic rings. The number of nitrogens with one attached hydrogen (secondary N) is 2. The van der Waals surface area contributed by atoms with Crippen molar-refractivity contribution in [1.82, 2.24) is 10.0 Å². The van der Waals surface area contributed by atoms with Crippen LogP contribution in [0.25, 0.3) is 0 Å². The maximum atomic E-state index is 12.7. The van der Waals surface area contributed by atoms with Crippen LogP contribution in [0.1, 0.15) is 18.2 Å². The number of amides is 1. The lowest BCUT2D eigenvalue weighted by atomic mass is 10.1. The average molecular weight is 412 g/mol. The second-order valence-corrected chi connectivity index (χ2v) is 7.49. The predicted molar refractivity (Wildman–Crippen MR) is 100 cm³/mol. The number of rotatable bonds is 11. The average Bonchev–Trinajstić information content (AvgIpc) is 3.23. The van der Waals surface area contributed by atoms with Gasteiger partial charge in [-0.15, -0.1) is 0 Å². The molecule has 0 aliphatic rings. The van der Waals surface area contributed by atoms with Crippen molar-refractivity contribution in [2.24, 2.45) is 0 Å². The Morgan fingerprint density at radius 3 is 2.32 bits per heavy atom. The molecular formula is C18H24N2O7S. The molecule has 0 spiro atoms. The van der Waals surface area contributed by atoms with Crippen LogP contribution in [0.15, 0.2) is 52.0 Å². The highest BCUT2D eigenvalue weighted by Crippen LogP contribution is 2.22. The first kappa shape index (κ1) is 21.9. The minimum absolute atomic E-state index is 0.0455. The molecule has 154 valence electrons. The number of carbonyl (C=O) groups is 1. The number of ether oxygens (including phenoxy) is 3. The maximum absolute atomic E-state index is 12.7. The highest BCUT2D eigenvalue weighted by Gasteiger charge is 2.26. The standard InChI is InChI=1S/C18H24N2O7S/c1-24-13-6-8-14(9-7-13)28(22,23)20-15(16-5-4-10-27-16)11-17(21)19-12-18(25-2)26-3/h4-10,15,18,20H,11-12H2,1-3H3,(H,19,21)/t15-/m1/s1. The van der Waals surface area contributed by atoms with Crippen LogP contribution in [-0.4, -0.2) is 48.5 Å². The first-order valence-electron chi connectivity index (χ1n) is 8.41. The van der Waals surface area contributed by atoms with Crippen LogP contribution in [0.2, 0.25) is 0 Å². The molecule has 0 aliphatic heterocycles. The highest BCUT2D eigenvalue weighted by molar-refractivity contribution is 7.89.